The van der Waals surface area contributed by atoms with Crippen LogP contribution in [0.2, 0.25) is 0 Å². The summed E-state index contributed by atoms with van der Waals surface area (Å²) in [6, 6.07) is 7.09. The predicted octanol–water partition coefficient (Wildman–Crippen LogP) is 5.74. The third-order valence-corrected chi connectivity index (χ3v) is 4.54. The zero-order chi connectivity index (χ0) is 20.6. The lowest BCUT2D eigenvalue weighted by atomic mass is 10.0. The van der Waals surface area contributed by atoms with Crippen LogP contribution < -0.4 is 0 Å². The van der Waals surface area contributed by atoms with E-state index in [9.17, 15) is 13.6 Å². The summed E-state index contributed by atoms with van der Waals surface area (Å²) in [7, 11) is 0. The van der Waals surface area contributed by atoms with Gasteiger partial charge in [-0.25, -0.2) is 8.78 Å². The van der Waals surface area contributed by atoms with Gasteiger partial charge >= 0.3 is 0 Å². The molecular formula is C22H32F2N2O. The van der Waals surface area contributed by atoms with Crippen LogP contribution in [0, 0.1) is 0 Å². The first kappa shape index (κ1) is 23.0. The molecule has 27 heavy (non-hydrogen) atoms. The van der Waals surface area contributed by atoms with Crippen LogP contribution in [0.25, 0.3) is 5.57 Å². The van der Waals surface area contributed by atoms with Gasteiger partial charge in [0.15, 0.2) is 0 Å². The van der Waals surface area contributed by atoms with E-state index >= 15 is 0 Å². The number of rotatable bonds is 9. The van der Waals surface area contributed by atoms with Crippen molar-refractivity contribution in [3.05, 3.63) is 41.1 Å². The first-order valence-corrected chi connectivity index (χ1v) is 9.58. The Balaban J connectivity index is 2.96. The molecule has 0 saturated heterocycles. The SMILES string of the molecule is CCCCN(CC)C(=O)C(C)=N/C(C)=C(\C)c1ccc(CC(C)(F)F)cc1. The molecule has 0 aliphatic rings. The Morgan fingerprint density at radius 3 is 2.19 bits per heavy atom. The second kappa shape index (κ2) is 10.3. The Hall–Kier alpha value is -2.04. The number of carbonyl (C=O) groups excluding carboxylic acids is 1. The van der Waals surface area contributed by atoms with Crippen molar-refractivity contribution >= 4 is 17.2 Å². The topological polar surface area (TPSA) is 32.7 Å². The third-order valence-electron chi connectivity index (χ3n) is 4.54. The summed E-state index contributed by atoms with van der Waals surface area (Å²) in [6.07, 6.45) is 1.74. The van der Waals surface area contributed by atoms with Crippen LogP contribution in [0.3, 0.4) is 0 Å². The molecule has 0 fully saturated rings. The molecule has 0 unspecified atom stereocenters. The lowest BCUT2D eigenvalue weighted by Gasteiger charge is -2.20. The van der Waals surface area contributed by atoms with Crippen LogP contribution >= 0.6 is 0 Å². The Labute approximate surface area is 162 Å². The molecule has 0 atom stereocenters. The number of halogens is 2. The predicted molar refractivity (Wildman–Crippen MR) is 109 cm³/mol. The minimum Gasteiger partial charge on any atom is -0.338 e. The molecule has 1 aromatic rings. The van der Waals surface area contributed by atoms with Crippen molar-refractivity contribution in [2.75, 3.05) is 13.1 Å². The molecule has 0 aromatic heterocycles. The number of hydrogen-bond donors (Lipinski definition) is 0. The maximum atomic E-state index is 13.1. The van der Waals surface area contributed by atoms with Gasteiger partial charge in [0.2, 0.25) is 5.92 Å². The van der Waals surface area contributed by atoms with Crippen molar-refractivity contribution in [1.82, 2.24) is 4.90 Å². The van der Waals surface area contributed by atoms with Crippen LogP contribution in [-0.4, -0.2) is 35.5 Å². The molecule has 0 aliphatic carbocycles. The molecule has 0 radical (unpaired) electrons. The maximum absolute atomic E-state index is 13.1. The number of alkyl halides is 2. The van der Waals surface area contributed by atoms with Gasteiger partial charge in [-0.05, 0) is 57.7 Å². The molecule has 0 bridgehead atoms. The molecule has 0 spiro atoms. The van der Waals surface area contributed by atoms with Crippen molar-refractivity contribution < 1.29 is 13.6 Å². The van der Waals surface area contributed by atoms with Crippen LogP contribution in [-0.2, 0) is 11.2 Å². The molecule has 150 valence electrons. The first-order valence-electron chi connectivity index (χ1n) is 9.58. The lowest BCUT2D eigenvalue weighted by molar-refractivity contribution is -0.124. The summed E-state index contributed by atoms with van der Waals surface area (Å²) >= 11 is 0. The second-order valence-electron chi connectivity index (χ2n) is 7.09. The Morgan fingerprint density at radius 1 is 1.11 bits per heavy atom. The summed E-state index contributed by atoms with van der Waals surface area (Å²) in [5.74, 6) is -2.76. The van der Waals surface area contributed by atoms with Crippen LogP contribution in [0.15, 0.2) is 35.0 Å². The van der Waals surface area contributed by atoms with Gasteiger partial charge in [0, 0.05) is 25.2 Å². The number of allylic oxidation sites excluding steroid dienone is 2. The number of benzene rings is 1. The van der Waals surface area contributed by atoms with Gasteiger partial charge in [-0.1, -0.05) is 37.6 Å². The number of carbonyl (C=O) groups is 1. The average molecular weight is 379 g/mol. The molecule has 0 heterocycles. The number of unbranched alkanes of at least 4 members (excludes halogenated alkanes) is 1. The number of nitrogens with zero attached hydrogens (tertiary/aromatic N) is 2. The molecular weight excluding hydrogens is 346 g/mol. The van der Waals surface area contributed by atoms with Crippen molar-refractivity contribution in [3.63, 3.8) is 0 Å². The summed E-state index contributed by atoms with van der Waals surface area (Å²) in [4.78, 5) is 18.9. The summed E-state index contributed by atoms with van der Waals surface area (Å²) in [5, 5.41) is 0. The Morgan fingerprint density at radius 2 is 1.70 bits per heavy atom. The fourth-order valence-corrected chi connectivity index (χ4v) is 2.80. The largest absolute Gasteiger partial charge is 0.338 e. The van der Waals surface area contributed by atoms with E-state index in [-0.39, 0.29) is 12.3 Å². The normalized spacial score (nSPS) is 13.4. The fraction of sp³-hybridized carbons (Fsp3) is 0.545. The van der Waals surface area contributed by atoms with E-state index in [0.717, 1.165) is 43.1 Å². The number of hydrogen-bond acceptors (Lipinski definition) is 2. The van der Waals surface area contributed by atoms with Gasteiger partial charge in [0.1, 0.15) is 5.71 Å². The molecule has 0 N–H and O–H groups in total. The Kier molecular flexibility index (Phi) is 8.80. The fourth-order valence-electron chi connectivity index (χ4n) is 2.80. The lowest BCUT2D eigenvalue weighted by Crippen LogP contribution is -2.36. The zero-order valence-corrected chi connectivity index (χ0v) is 17.4. The van der Waals surface area contributed by atoms with Gasteiger partial charge < -0.3 is 4.90 Å². The standard InChI is InChI=1S/C22H32F2N2O/c1-7-9-14-26(8-2)21(27)18(5)25-17(4)16(3)20-12-10-19(11-13-20)15-22(6,23)24/h10-13H,7-9,14-15H2,1-6H3/b17-16+,25-18?. The van der Waals surface area contributed by atoms with E-state index in [0.29, 0.717) is 17.8 Å². The van der Waals surface area contributed by atoms with E-state index in [1.807, 2.05) is 37.8 Å². The molecule has 0 saturated carbocycles. The monoisotopic (exact) mass is 378 g/mol. The molecule has 1 rings (SSSR count). The van der Waals surface area contributed by atoms with Crippen molar-refractivity contribution in [2.24, 2.45) is 4.99 Å². The van der Waals surface area contributed by atoms with Crippen LogP contribution in [0.4, 0.5) is 8.78 Å². The maximum Gasteiger partial charge on any atom is 0.267 e. The minimum atomic E-state index is -2.72. The molecule has 3 nitrogen and oxygen atoms in total. The van der Waals surface area contributed by atoms with Gasteiger partial charge in [0.05, 0.1) is 0 Å². The van der Waals surface area contributed by atoms with Gasteiger partial charge in [-0.15, -0.1) is 0 Å². The highest BCUT2D eigenvalue weighted by molar-refractivity contribution is 6.38. The summed E-state index contributed by atoms with van der Waals surface area (Å²) in [6.45, 7) is 11.9. The van der Waals surface area contributed by atoms with E-state index in [4.69, 9.17) is 0 Å². The van der Waals surface area contributed by atoms with Crippen molar-refractivity contribution in [1.29, 1.82) is 0 Å². The molecule has 1 aromatic carbocycles. The first-order chi connectivity index (χ1) is 12.6. The van der Waals surface area contributed by atoms with Crippen LogP contribution in [0.5, 0.6) is 0 Å². The van der Waals surface area contributed by atoms with E-state index in [2.05, 4.69) is 11.9 Å². The Bertz CT molecular complexity index is 685. The van der Waals surface area contributed by atoms with Gasteiger partial charge in [0.25, 0.3) is 5.91 Å². The van der Waals surface area contributed by atoms with Crippen molar-refractivity contribution in [2.45, 2.75) is 66.7 Å². The highest BCUT2D eigenvalue weighted by Crippen LogP contribution is 2.23. The van der Waals surface area contributed by atoms with Crippen molar-refractivity contribution in [3.8, 4) is 0 Å². The highest BCUT2D eigenvalue weighted by atomic mass is 19.3. The zero-order valence-electron chi connectivity index (χ0n) is 17.4. The summed E-state index contributed by atoms with van der Waals surface area (Å²) < 4.78 is 26.2. The number of amides is 1. The van der Waals surface area contributed by atoms with Crippen LogP contribution in [0.1, 0.15) is 65.5 Å². The van der Waals surface area contributed by atoms with Gasteiger partial charge in [-0.3, -0.25) is 9.79 Å². The van der Waals surface area contributed by atoms with E-state index < -0.39 is 5.92 Å². The van der Waals surface area contributed by atoms with E-state index in [1.54, 1.807) is 19.1 Å². The molecule has 5 heteroatoms. The van der Waals surface area contributed by atoms with Gasteiger partial charge in [-0.2, -0.15) is 0 Å². The smallest absolute Gasteiger partial charge is 0.267 e. The summed E-state index contributed by atoms with van der Waals surface area (Å²) in [5.41, 5.74) is 3.65. The molecule has 0 aliphatic heterocycles. The van der Waals surface area contributed by atoms with E-state index in [1.165, 1.54) is 0 Å². The molecule has 1 amide bonds. The highest BCUT2D eigenvalue weighted by Gasteiger charge is 2.21. The number of aliphatic imine (C=N–C) groups is 1. The third kappa shape index (κ3) is 7.61. The second-order valence-corrected chi connectivity index (χ2v) is 7.09. The minimum absolute atomic E-state index is 0.0429. The quantitative estimate of drug-likeness (QED) is 0.504. The average Bonchev–Trinajstić information content (AvgIpc) is 2.60.